The minimum Gasteiger partial charge on any atom is -0.368 e. The number of benzene rings is 1. The largest absolute Gasteiger partial charge is 0.368 e. The van der Waals surface area contributed by atoms with Crippen molar-refractivity contribution < 1.29 is 4.79 Å². The average molecular weight is 366 g/mol. The molecule has 0 aliphatic carbocycles. The van der Waals surface area contributed by atoms with Crippen molar-refractivity contribution in [1.82, 2.24) is 23.1 Å². The van der Waals surface area contributed by atoms with Crippen molar-refractivity contribution >= 4 is 22.8 Å². The maximum atomic E-state index is 12.9. The third kappa shape index (κ3) is 2.39. The van der Waals surface area contributed by atoms with Gasteiger partial charge in [-0.15, -0.1) is 0 Å². The number of nitrogens with two attached hydrogens (primary N) is 1. The first kappa shape index (κ1) is 16.8. The lowest BCUT2D eigenvalue weighted by Crippen LogP contribution is -2.42. The molecule has 3 aromatic heterocycles. The Morgan fingerprint density at radius 2 is 1.81 bits per heavy atom. The highest BCUT2D eigenvalue weighted by atomic mass is 16.2. The molecular formula is C18H18N6O3. The molecule has 0 spiro atoms. The summed E-state index contributed by atoms with van der Waals surface area (Å²) in [4.78, 5) is 41.2. The summed E-state index contributed by atoms with van der Waals surface area (Å²) < 4.78 is 5.63. The van der Waals surface area contributed by atoms with Crippen LogP contribution in [0.2, 0.25) is 0 Å². The van der Waals surface area contributed by atoms with Crippen LogP contribution in [0.5, 0.6) is 0 Å². The SMILES string of the molecule is Cc1ccc(-n2c(C)cn3c4c(=O)n(CC(N)=O)c(=O)n(C)c4nc23)cc1. The zero-order chi connectivity index (χ0) is 19.5. The van der Waals surface area contributed by atoms with Gasteiger partial charge >= 0.3 is 5.69 Å². The van der Waals surface area contributed by atoms with Gasteiger partial charge in [0.25, 0.3) is 5.56 Å². The highest BCUT2D eigenvalue weighted by Crippen LogP contribution is 2.21. The minimum absolute atomic E-state index is 0.224. The first-order chi connectivity index (χ1) is 12.8. The summed E-state index contributed by atoms with van der Waals surface area (Å²) in [5.41, 5.74) is 7.33. The molecule has 0 saturated heterocycles. The highest BCUT2D eigenvalue weighted by molar-refractivity contribution is 5.77. The van der Waals surface area contributed by atoms with Gasteiger partial charge in [0, 0.05) is 24.6 Å². The monoisotopic (exact) mass is 366 g/mol. The van der Waals surface area contributed by atoms with E-state index in [9.17, 15) is 14.4 Å². The molecule has 0 unspecified atom stereocenters. The Kier molecular flexibility index (Phi) is 3.55. The summed E-state index contributed by atoms with van der Waals surface area (Å²) in [5, 5.41) is 0. The maximum absolute atomic E-state index is 12.9. The van der Waals surface area contributed by atoms with Gasteiger partial charge in [0.2, 0.25) is 11.7 Å². The Balaban J connectivity index is 2.12. The molecule has 1 aromatic carbocycles. The second kappa shape index (κ2) is 5.70. The van der Waals surface area contributed by atoms with E-state index in [1.165, 1.54) is 11.6 Å². The number of imidazole rings is 2. The van der Waals surface area contributed by atoms with Gasteiger partial charge in [0.1, 0.15) is 6.54 Å². The van der Waals surface area contributed by atoms with Crippen molar-refractivity contribution in [2.24, 2.45) is 12.8 Å². The summed E-state index contributed by atoms with van der Waals surface area (Å²) >= 11 is 0. The van der Waals surface area contributed by atoms with E-state index in [0.717, 1.165) is 21.5 Å². The third-order valence-electron chi connectivity index (χ3n) is 4.63. The first-order valence-corrected chi connectivity index (χ1v) is 8.35. The Morgan fingerprint density at radius 1 is 1.15 bits per heavy atom. The normalized spacial score (nSPS) is 11.5. The summed E-state index contributed by atoms with van der Waals surface area (Å²) in [7, 11) is 1.51. The maximum Gasteiger partial charge on any atom is 0.332 e. The van der Waals surface area contributed by atoms with Crippen LogP contribution in [0, 0.1) is 13.8 Å². The van der Waals surface area contributed by atoms with Crippen LogP contribution in [0.1, 0.15) is 11.3 Å². The fourth-order valence-corrected chi connectivity index (χ4v) is 3.32. The van der Waals surface area contributed by atoms with E-state index in [-0.39, 0.29) is 11.2 Å². The van der Waals surface area contributed by atoms with Gasteiger partial charge < -0.3 is 5.73 Å². The van der Waals surface area contributed by atoms with Gasteiger partial charge in [-0.05, 0) is 26.0 Å². The molecular weight excluding hydrogens is 348 g/mol. The topological polar surface area (TPSA) is 109 Å². The third-order valence-corrected chi connectivity index (χ3v) is 4.63. The molecule has 4 rings (SSSR count). The van der Waals surface area contributed by atoms with Gasteiger partial charge in [0.15, 0.2) is 11.2 Å². The number of fused-ring (bicyclic) bond motifs is 3. The number of aryl methyl sites for hydroxylation is 3. The van der Waals surface area contributed by atoms with Gasteiger partial charge in [-0.3, -0.25) is 23.1 Å². The molecule has 3 heterocycles. The Hall–Kier alpha value is -3.62. The number of hydrogen-bond donors (Lipinski definition) is 1. The van der Waals surface area contributed by atoms with Crippen LogP contribution in [-0.2, 0) is 18.4 Å². The van der Waals surface area contributed by atoms with E-state index < -0.39 is 23.7 Å². The summed E-state index contributed by atoms with van der Waals surface area (Å²) in [6.45, 7) is 3.43. The van der Waals surface area contributed by atoms with Crippen LogP contribution in [0.4, 0.5) is 0 Å². The van der Waals surface area contributed by atoms with Crippen LogP contribution >= 0.6 is 0 Å². The molecule has 0 atom stereocenters. The molecule has 2 N–H and O–H groups in total. The van der Waals surface area contributed by atoms with Crippen molar-refractivity contribution in [3.8, 4) is 5.69 Å². The Bertz CT molecular complexity index is 1330. The number of hydrogen-bond acceptors (Lipinski definition) is 4. The zero-order valence-corrected chi connectivity index (χ0v) is 15.1. The van der Waals surface area contributed by atoms with Crippen LogP contribution < -0.4 is 17.0 Å². The molecule has 0 aliphatic heterocycles. The van der Waals surface area contributed by atoms with E-state index in [1.54, 1.807) is 10.6 Å². The van der Waals surface area contributed by atoms with E-state index in [0.29, 0.717) is 5.78 Å². The Labute approximate surface area is 152 Å². The molecule has 0 fully saturated rings. The molecule has 27 heavy (non-hydrogen) atoms. The van der Waals surface area contributed by atoms with Crippen LogP contribution in [0.25, 0.3) is 22.6 Å². The van der Waals surface area contributed by atoms with Crippen LogP contribution in [0.15, 0.2) is 40.1 Å². The average Bonchev–Trinajstić information content (AvgIpc) is 3.12. The van der Waals surface area contributed by atoms with E-state index >= 15 is 0 Å². The molecule has 1 amide bonds. The lowest BCUT2D eigenvalue weighted by molar-refractivity contribution is -0.118. The molecule has 0 bridgehead atoms. The quantitative estimate of drug-likeness (QED) is 0.560. The smallest absolute Gasteiger partial charge is 0.332 e. The lowest BCUT2D eigenvalue weighted by Gasteiger charge is -2.06. The number of rotatable bonds is 3. The molecule has 138 valence electrons. The van der Waals surface area contributed by atoms with Crippen molar-refractivity contribution in [2.75, 3.05) is 0 Å². The van der Waals surface area contributed by atoms with Crippen molar-refractivity contribution in [1.29, 1.82) is 0 Å². The molecule has 0 saturated carbocycles. The van der Waals surface area contributed by atoms with Crippen molar-refractivity contribution in [2.45, 2.75) is 20.4 Å². The van der Waals surface area contributed by atoms with Gasteiger partial charge in [-0.25, -0.2) is 9.36 Å². The fourth-order valence-electron chi connectivity index (χ4n) is 3.32. The van der Waals surface area contributed by atoms with Crippen LogP contribution in [0.3, 0.4) is 0 Å². The summed E-state index contributed by atoms with van der Waals surface area (Å²) in [5.74, 6) is -0.252. The molecule has 0 aliphatic rings. The van der Waals surface area contributed by atoms with Crippen molar-refractivity contribution in [3.05, 3.63) is 62.6 Å². The van der Waals surface area contributed by atoms with E-state index in [4.69, 9.17) is 5.73 Å². The van der Waals surface area contributed by atoms with E-state index in [1.807, 2.05) is 42.7 Å². The Morgan fingerprint density at radius 3 is 2.44 bits per heavy atom. The van der Waals surface area contributed by atoms with E-state index in [2.05, 4.69) is 4.98 Å². The highest BCUT2D eigenvalue weighted by Gasteiger charge is 2.21. The van der Waals surface area contributed by atoms with Gasteiger partial charge in [0.05, 0.1) is 0 Å². The predicted molar refractivity (Wildman–Crippen MR) is 100 cm³/mol. The number of aromatic nitrogens is 5. The minimum atomic E-state index is -0.761. The number of nitrogens with zero attached hydrogens (tertiary/aromatic N) is 5. The fraction of sp³-hybridized carbons (Fsp3) is 0.222. The number of primary amides is 1. The predicted octanol–water partition coefficient (Wildman–Crippen LogP) is 0.241. The zero-order valence-electron chi connectivity index (χ0n) is 15.1. The van der Waals surface area contributed by atoms with Crippen molar-refractivity contribution in [3.63, 3.8) is 0 Å². The first-order valence-electron chi connectivity index (χ1n) is 8.35. The van der Waals surface area contributed by atoms with Crippen LogP contribution in [-0.4, -0.2) is 29.0 Å². The number of amides is 1. The molecule has 9 heteroatoms. The second-order valence-electron chi connectivity index (χ2n) is 6.59. The summed E-state index contributed by atoms with van der Waals surface area (Å²) in [6, 6.07) is 7.91. The summed E-state index contributed by atoms with van der Waals surface area (Å²) in [6.07, 6.45) is 1.78. The molecule has 0 radical (unpaired) electrons. The second-order valence-corrected chi connectivity index (χ2v) is 6.59. The standard InChI is InChI=1S/C18H18N6O3/c1-10-4-6-12(7-5-10)24-11(2)8-22-14-15(20-17(22)24)21(3)18(27)23(16(14)26)9-13(19)25/h4-8H,9H2,1-3H3,(H2,19,25). The van der Waals surface area contributed by atoms with Gasteiger partial charge in [-0.2, -0.15) is 4.98 Å². The number of carbonyl (C=O) groups is 1. The van der Waals surface area contributed by atoms with Gasteiger partial charge in [-0.1, -0.05) is 17.7 Å². The molecule has 9 nitrogen and oxygen atoms in total. The molecule has 4 aromatic rings. The lowest BCUT2D eigenvalue weighted by atomic mass is 10.2. The number of carbonyl (C=O) groups excluding carboxylic acids is 1.